The molecule has 0 saturated carbocycles. The number of aryl methyl sites for hydroxylation is 1. The van der Waals surface area contributed by atoms with E-state index < -0.39 is 0 Å². The summed E-state index contributed by atoms with van der Waals surface area (Å²) in [5, 5.41) is 11.8. The number of nitrogens with zero attached hydrogens (tertiary/aromatic N) is 3. The molecule has 0 fully saturated rings. The van der Waals surface area contributed by atoms with Crippen LogP contribution in [-0.4, -0.2) is 14.8 Å². The van der Waals surface area contributed by atoms with Crippen LogP contribution < -0.4 is 5.32 Å². The maximum atomic E-state index is 4.24. The molecule has 1 N–H and O–H groups in total. The molecule has 1 aliphatic rings. The molecule has 0 radical (unpaired) electrons. The van der Waals surface area contributed by atoms with Crippen LogP contribution >= 0.6 is 0 Å². The van der Waals surface area contributed by atoms with E-state index in [1.165, 1.54) is 11.3 Å². The SMILES string of the molecule is CCc1nnc2n1-c1ccccc1CNC2. The molecule has 1 aromatic carbocycles. The summed E-state index contributed by atoms with van der Waals surface area (Å²) < 4.78 is 2.18. The van der Waals surface area contributed by atoms with Gasteiger partial charge in [-0.3, -0.25) is 4.57 Å². The number of hydrogen-bond donors (Lipinski definition) is 1. The standard InChI is InChI=1S/C12H14N4/c1-2-11-14-15-12-8-13-7-9-5-3-4-6-10(9)16(11)12/h3-6,13H,2,7-8H2,1H3. The largest absolute Gasteiger partial charge is 0.306 e. The molecule has 16 heavy (non-hydrogen) atoms. The van der Waals surface area contributed by atoms with Crippen LogP contribution in [0.2, 0.25) is 0 Å². The number of rotatable bonds is 1. The topological polar surface area (TPSA) is 42.7 Å². The number of nitrogens with one attached hydrogen (secondary N) is 1. The smallest absolute Gasteiger partial charge is 0.151 e. The lowest BCUT2D eigenvalue weighted by molar-refractivity contribution is 0.673. The van der Waals surface area contributed by atoms with E-state index in [9.17, 15) is 0 Å². The van der Waals surface area contributed by atoms with E-state index in [1.807, 2.05) is 0 Å². The fourth-order valence-electron chi connectivity index (χ4n) is 2.16. The molecule has 0 atom stereocenters. The van der Waals surface area contributed by atoms with E-state index in [0.29, 0.717) is 0 Å². The van der Waals surface area contributed by atoms with E-state index in [1.54, 1.807) is 0 Å². The first-order chi connectivity index (χ1) is 7.90. The van der Waals surface area contributed by atoms with Crippen molar-refractivity contribution in [3.63, 3.8) is 0 Å². The minimum Gasteiger partial charge on any atom is -0.306 e. The Morgan fingerprint density at radius 1 is 1.25 bits per heavy atom. The van der Waals surface area contributed by atoms with Crippen molar-refractivity contribution < 1.29 is 0 Å². The number of para-hydroxylation sites is 1. The summed E-state index contributed by atoms with van der Waals surface area (Å²) in [5.41, 5.74) is 2.51. The highest BCUT2D eigenvalue weighted by Gasteiger charge is 2.17. The maximum absolute atomic E-state index is 4.24. The normalized spacial score (nSPS) is 14.1. The second-order valence-electron chi connectivity index (χ2n) is 3.95. The fourth-order valence-corrected chi connectivity index (χ4v) is 2.16. The number of aromatic nitrogens is 3. The first-order valence-electron chi connectivity index (χ1n) is 5.62. The molecule has 0 aliphatic carbocycles. The lowest BCUT2D eigenvalue weighted by Crippen LogP contribution is -2.11. The van der Waals surface area contributed by atoms with Crippen LogP contribution in [0.15, 0.2) is 24.3 Å². The summed E-state index contributed by atoms with van der Waals surface area (Å²) >= 11 is 0. The molecular weight excluding hydrogens is 200 g/mol. The molecule has 3 rings (SSSR count). The van der Waals surface area contributed by atoms with Gasteiger partial charge in [0.05, 0.1) is 12.2 Å². The number of hydrogen-bond acceptors (Lipinski definition) is 3. The van der Waals surface area contributed by atoms with Gasteiger partial charge < -0.3 is 5.32 Å². The molecule has 82 valence electrons. The minimum absolute atomic E-state index is 0.779. The predicted octanol–water partition coefficient (Wildman–Crippen LogP) is 1.43. The third-order valence-corrected chi connectivity index (χ3v) is 2.94. The predicted molar refractivity (Wildman–Crippen MR) is 61.3 cm³/mol. The molecular formula is C12H14N4. The van der Waals surface area contributed by atoms with Gasteiger partial charge >= 0.3 is 0 Å². The van der Waals surface area contributed by atoms with Crippen molar-refractivity contribution in [1.29, 1.82) is 0 Å². The second kappa shape index (κ2) is 3.72. The first-order valence-corrected chi connectivity index (χ1v) is 5.62. The van der Waals surface area contributed by atoms with E-state index in [-0.39, 0.29) is 0 Å². The number of benzene rings is 1. The highest BCUT2D eigenvalue weighted by Crippen LogP contribution is 2.20. The Hall–Kier alpha value is -1.68. The third kappa shape index (κ3) is 1.34. The van der Waals surface area contributed by atoms with Crippen LogP contribution in [0.5, 0.6) is 0 Å². The lowest BCUT2D eigenvalue weighted by atomic mass is 10.1. The Kier molecular flexibility index (Phi) is 2.22. The Labute approximate surface area is 94.3 Å². The van der Waals surface area contributed by atoms with Crippen LogP contribution in [-0.2, 0) is 19.5 Å². The van der Waals surface area contributed by atoms with E-state index in [0.717, 1.165) is 31.2 Å². The zero-order valence-corrected chi connectivity index (χ0v) is 9.27. The van der Waals surface area contributed by atoms with Gasteiger partial charge in [-0.25, -0.2) is 0 Å². The molecule has 0 unspecified atom stereocenters. The minimum atomic E-state index is 0.779. The summed E-state index contributed by atoms with van der Waals surface area (Å²) in [4.78, 5) is 0. The highest BCUT2D eigenvalue weighted by atomic mass is 15.3. The molecule has 2 heterocycles. The Bertz CT molecular complexity index is 515. The van der Waals surface area contributed by atoms with Crippen molar-refractivity contribution >= 4 is 0 Å². The Morgan fingerprint density at radius 3 is 3.00 bits per heavy atom. The zero-order valence-electron chi connectivity index (χ0n) is 9.27. The highest BCUT2D eigenvalue weighted by molar-refractivity contribution is 5.43. The summed E-state index contributed by atoms with van der Waals surface area (Å²) in [5.74, 6) is 2.04. The lowest BCUT2D eigenvalue weighted by Gasteiger charge is -2.09. The average molecular weight is 214 g/mol. The molecule has 0 spiro atoms. The van der Waals surface area contributed by atoms with Crippen LogP contribution in [0.4, 0.5) is 0 Å². The Morgan fingerprint density at radius 2 is 2.12 bits per heavy atom. The van der Waals surface area contributed by atoms with Gasteiger partial charge in [0.2, 0.25) is 0 Å². The molecule has 4 heteroatoms. The monoisotopic (exact) mass is 214 g/mol. The summed E-state index contributed by atoms with van der Waals surface area (Å²) in [6.45, 7) is 3.78. The fraction of sp³-hybridized carbons (Fsp3) is 0.333. The summed E-state index contributed by atoms with van der Waals surface area (Å²) in [7, 11) is 0. The third-order valence-electron chi connectivity index (χ3n) is 2.94. The number of fused-ring (bicyclic) bond motifs is 3. The van der Waals surface area contributed by atoms with Crippen molar-refractivity contribution in [2.75, 3.05) is 0 Å². The first kappa shape index (κ1) is 9.54. The summed E-state index contributed by atoms with van der Waals surface area (Å²) in [6, 6.07) is 8.42. The molecule has 2 aromatic rings. The van der Waals surface area contributed by atoms with Gasteiger partial charge in [-0.2, -0.15) is 0 Å². The molecule has 1 aromatic heterocycles. The van der Waals surface area contributed by atoms with E-state index in [2.05, 4.69) is 51.3 Å². The summed E-state index contributed by atoms with van der Waals surface area (Å²) in [6.07, 6.45) is 0.904. The van der Waals surface area contributed by atoms with Crippen molar-refractivity contribution in [2.45, 2.75) is 26.4 Å². The van der Waals surface area contributed by atoms with Gasteiger partial charge in [0.15, 0.2) is 5.82 Å². The molecule has 0 amide bonds. The van der Waals surface area contributed by atoms with Crippen molar-refractivity contribution in [3.05, 3.63) is 41.5 Å². The van der Waals surface area contributed by atoms with Gasteiger partial charge in [0, 0.05) is 13.0 Å². The van der Waals surface area contributed by atoms with Gasteiger partial charge in [-0.1, -0.05) is 25.1 Å². The Balaban J connectivity index is 2.27. The van der Waals surface area contributed by atoms with Gasteiger partial charge in [-0.05, 0) is 11.6 Å². The zero-order chi connectivity index (χ0) is 11.0. The average Bonchev–Trinajstić information content (AvgIpc) is 2.64. The molecule has 0 saturated heterocycles. The van der Waals surface area contributed by atoms with Crippen LogP contribution in [0.1, 0.15) is 24.1 Å². The molecule has 0 bridgehead atoms. The molecule has 1 aliphatic heterocycles. The van der Waals surface area contributed by atoms with Gasteiger partial charge in [-0.15, -0.1) is 10.2 Å². The quantitative estimate of drug-likeness (QED) is 0.781. The van der Waals surface area contributed by atoms with Crippen molar-refractivity contribution in [2.24, 2.45) is 0 Å². The van der Waals surface area contributed by atoms with Crippen molar-refractivity contribution in [1.82, 2.24) is 20.1 Å². The van der Waals surface area contributed by atoms with E-state index in [4.69, 9.17) is 0 Å². The second-order valence-corrected chi connectivity index (χ2v) is 3.95. The molecule has 4 nitrogen and oxygen atoms in total. The van der Waals surface area contributed by atoms with Crippen LogP contribution in [0.3, 0.4) is 0 Å². The van der Waals surface area contributed by atoms with Gasteiger partial charge in [0.1, 0.15) is 5.82 Å². The van der Waals surface area contributed by atoms with Crippen LogP contribution in [0.25, 0.3) is 5.69 Å². The van der Waals surface area contributed by atoms with Gasteiger partial charge in [0.25, 0.3) is 0 Å². The van der Waals surface area contributed by atoms with Crippen LogP contribution in [0, 0.1) is 0 Å². The van der Waals surface area contributed by atoms with E-state index >= 15 is 0 Å². The van der Waals surface area contributed by atoms with Crippen molar-refractivity contribution in [3.8, 4) is 5.69 Å². The maximum Gasteiger partial charge on any atom is 0.151 e.